The molecule has 1 aromatic rings. The summed E-state index contributed by atoms with van der Waals surface area (Å²) in [5.74, 6) is 0.881. The quantitative estimate of drug-likeness (QED) is 0.781. The van der Waals surface area contributed by atoms with Gasteiger partial charge in [0.05, 0.1) is 5.02 Å². The van der Waals surface area contributed by atoms with Crippen LogP contribution in [-0.2, 0) is 4.79 Å². The van der Waals surface area contributed by atoms with E-state index in [0.717, 1.165) is 6.42 Å². The number of hydrogen-bond donors (Lipinski definition) is 2. The number of nitrogen functional groups attached to an aromatic ring is 1. The first kappa shape index (κ1) is 14.6. The van der Waals surface area contributed by atoms with Crippen molar-refractivity contribution >= 4 is 23.2 Å². The number of carbonyl (C=O) groups excluding carboxylic acids is 1. The Labute approximate surface area is 112 Å². The Kier molecular flexibility index (Phi) is 5.78. The molecule has 18 heavy (non-hydrogen) atoms. The van der Waals surface area contributed by atoms with Gasteiger partial charge in [0, 0.05) is 12.2 Å². The molecule has 1 amide bonds. The highest BCUT2D eigenvalue weighted by atomic mass is 35.5. The van der Waals surface area contributed by atoms with Gasteiger partial charge in [-0.15, -0.1) is 0 Å². The van der Waals surface area contributed by atoms with E-state index in [-0.39, 0.29) is 12.5 Å². The van der Waals surface area contributed by atoms with Crippen molar-refractivity contribution in [3.05, 3.63) is 23.2 Å². The lowest BCUT2D eigenvalue weighted by atomic mass is 10.1. The molecule has 0 heterocycles. The normalized spacial score (nSPS) is 10.4. The zero-order valence-corrected chi connectivity index (χ0v) is 11.5. The minimum atomic E-state index is -0.149. The van der Waals surface area contributed by atoms with Crippen molar-refractivity contribution in [1.29, 1.82) is 0 Å². The molecule has 1 aromatic carbocycles. The summed E-state index contributed by atoms with van der Waals surface area (Å²) in [4.78, 5) is 11.5. The SMILES string of the molecule is CC(C)CCNC(=O)COc1ccc(N)cc1Cl. The van der Waals surface area contributed by atoms with Gasteiger partial charge in [-0.25, -0.2) is 0 Å². The van der Waals surface area contributed by atoms with Crippen molar-refractivity contribution in [3.63, 3.8) is 0 Å². The number of ether oxygens (including phenoxy) is 1. The molecule has 0 bridgehead atoms. The number of anilines is 1. The largest absolute Gasteiger partial charge is 0.482 e. The maximum absolute atomic E-state index is 11.5. The van der Waals surface area contributed by atoms with Crippen LogP contribution in [0.3, 0.4) is 0 Å². The molecule has 0 atom stereocenters. The van der Waals surface area contributed by atoms with Crippen LogP contribution in [0.15, 0.2) is 18.2 Å². The molecular formula is C13H19ClN2O2. The smallest absolute Gasteiger partial charge is 0.257 e. The molecule has 3 N–H and O–H groups in total. The van der Waals surface area contributed by atoms with Gasteiger partial charge < -0.3 is 15.8 Å². The van der Waals surface area contributed by atoms with Crippen LogP contribution in [0, 0.1) is 5.92 Å². The number of nitrogens with one attached hydrogen (secondary N) is 1. The Morgan fingerprint density at radius 2 is 2.22 bits per heavy atom. The molecule has 1 rings (SSSR count). The van der Waals surface area contributed by atoms with Crippen LogP contribution in [0.2, 0.25) is 5.02 Å². The molecule has 0 radical (unpaired) electrons. The third-order valence-corrected chi connectivity index (χ3v) is 2.65. The molecule has 0 spiro atoms. The third-order valence-electron chi connectivity index (χ3n) is 2.36. The summed E-state index contributed by atoms with van der Waals surface area (Å²) in [6.45, 7) is 4.84. The first-order valence-corrected chi connectivity index (χ1v) is 6.31. The minimum absolute atomic E-state index is 0.0399. The monoisotopic (exact) mass is 270 g/mol. The van der Waals surface area contributed by atoms with Gasteiger partial charge in [-0.2, -0.15) is 0 Å². The first-order valence-electron chi connectivity index (χ1n) is 5.93. The average molecular weight is 271 g/mol. The summed E-state index contributed by atoms with van der Waals surface area (Å²) < 4.78 is 5.31. The van der Waals surface area contributed by atoms with Crippen LogP contribution in [-0.4, -0.2) is 19.1 Å². The molecule has 0 aliphatic heterocycles. The zero-order chi connectivity index (χ0) is 13.5. The Balaban J connectivity index is 2.33. The summed E-state index contributed by atoms with van der Waals surface area (Å²) in [7, 11) is 0. The van der Waals surface area contributed by atoms with E-state index in [2.05, 4.69) is 19.2 Å². The second-order valence-electron chi connectivity index (χ2n) is 4.51. The summed E-state index contributed by atoms with van der Waals surface area (Å²) in [6, 6.07) is 4.92. The van der Waals surface area contributed by atoms with Crippen molar-refractivity contribution in [2.75, 3.05) is 18.9 Å². The Morgan fingerprint density at radius 1 is 1.50 bits per heavy atom. The number of benzene rings is 1. The van der Waals surface area contributed by atoms with Crippen LogP contribution in [0.1, 0.15) is 20.3 Å². The van der Waals surface area contributed by atoms with Crippen molar-refractivity contribution in [2.45, 2.75) is 20.3 Å². The van der Waals surface area contributed by atoms with Gasteiger partial charge in [-0.1, -0.05) is 25.4 Å². The predicted octanol–water partition coefficient (Wildman–Crippen LogP) is 2.46. The zero-order valence-electron chi connectivity index (χ0n) is 10.7. The van der Waals surface area contributed by atoms with E-state index in [9.17, 15) is 4.79 Å². The van der Waals surface area contributed by atoms with E-state index < -0.39 is 0 Å². The van der Waals surface area contributed by atoms with Crippen LogP contribution in [0.5, 0.6) is 5.75 Å². The van der Waals surface area contributed by atoms with Crippen LogP contribution in [0.25, 0.3) is 0 Å². The van der Waals surface area contributed by atoms with Crippen LogP contribution >= 0.6 is 11.6 Å². The molecule has 0 aromatic heterocycles. The number of rotatable bonds is 6. The van der Waals surface area contributed by atoms with Crippen molar-refractivity contribution in [3.8, 4) is 5.75 Å². The molecule has 0 fully saturated rings. The maximum atomic E-state index is 11.5. The Bertz CT molecular complexity index is 408. The Hall–Kier alpha value is -1.42. The minimum Gasteiger partial charge on any atom is -0.482 e. The number of halogens is 1. The summed E-state index contributed by atoms with van der Waals surface area (Å²) in [5.41, 5.74) is 6.12. The summed E-state index contributed by atoms with van der Waals surface area (Å²) >= 11 is 5.92. The second-order valence-corrected chi connectivity index (χ2v) is 4.92. The van der Waals surface area contributed by atoms with Crippen LogP contribution in [0.4, 0.5) is 5.69 Å². The van der Waals surface area contributed by atoms with E-state index in [0.29, 0.717) is 28.9 Å². The standard InChI is InChI=1S/C13H19ClN2O2/c1-9(2)5-6-16-13(17)8-18-12-4-3-10(15)7-11(12)14/h3-4,7,9H,5-6,8,15H2,1-2H3,(H,16,17). The van der Waals surface area contributed by atoms with Gasteiger partial charge in [0.15, 0.2) is 6.61 Å². The average Bonchev–Trinajstić information content (AvgIpc) is 2.27. The number of hydrogen-bond acceptors (Lipinski definition) is 3. The van der Waals surface area contributed by atoms with Crippen LogP contribution < -0.4 is 15.8 Å². The van der Waals surface area contributed by atoms with Gasteiger partial charge in [-0.05, 0) is 30.5 Å². The molecular weight excluding hydrogens is 252 g/mol. The predicted molar refractivity (Wildman–Crippen MR) is 73.8 cm³/mol. The molecule has 4 nitrogen and oxygen atoms in total. The van der Waals surface area contributed by atoms with Gasteiger partial charge in [0.25, 0.3) is 5.91 Å². The van der Waals surface area contributed by atoms with Crippen molar-refractivity contribution in [1.82, 2.24) is 5.32 Å². The molecule has 0 saturated heterocycles. The number of amides is 1. The molecule has 5 heteroatoms. The lowest BCUT2D eigenvalue weighted by molar-refractivity contribution is -0.123. The highest BCUT2D eigenvalue weighted by Gasteiger charge is 2.06. The van der Waals surface area contributed by atoms with E-state index in [1.165, 1.54) is 0 Å². The molecule has 0 saturated carbocycles. The van der Waals surface area contributed by atoms with E-state index in [1.54, 1.807) is 18.2 Å². The molecule has 0 aliphatic carbocycles. The van der Waals surface area contributed by atoms with Gasteiger partial charge in [0.1, 0.15) is 5.75 Å². The molecule has 0 aliphatic rings. The maximum Gasteiger partial charge on any atom is 0.257 e. The number of carbonyl (C=O) groups is 1. The third kappa shape index (κ3) is 5.27. The van der Waals surface area contributed by atoms with Crippen molar-refractivity contribution in [2.24, 2.45) is 5.92 Å². The molecule has 0 unspecified atom stereocenters. The fourth-order valence-electron chi connectivity index (χ4n) is 1.33. The summed E-state index contributed by atoms with van der Waals surface area (Å²) in [6.07, 6.45) is 0.953. The topological polar surface area (TPSA) is 64.3 Å². The fraction of sp³-hybridized carbons (Fsp3) is 0.462. The first-order chi connectivity index (χ1) is 8.49. The van der Waals surface area contributed by atoms with E-state index in [4.69, 9.17) is 22.1 Å². The summed E-state index contributed by atoms with van der Waals surface area (Å²) in [5, 5.41) is 3.19. The molecule has 100 valence electrons. The van der Waals surface area contributed by atoms with E-state index >= 15 is 0 Å². The lowest BCUT2D eigenvalue weighted by Gasteiger charge is -2.10. The Morgan fingerprint density at radius 3 is 2.83 bits per heavy atom. The lowest BCUT2D eigenvalue weighted by Crippen LogP contribution is -2.30. The van der Waals surface area contributed by atoms with Gasteiger partial charge >= 0.3 is 0 Å². The van der Waals surface area contributed by atoms with Gasteiger partial charge in [0.2, 0.25) is 0 Å². The highest BCUT2D eigenvalue weighted by Crippen LogP contribution is 2.26. The van der Waals surface area contributed by atoms with E-state index in [1.807, 2.05) is 0 Å². The number of nitrogens with two attached hydrogens (primary N) is 1. The highest BCUT2D eigenvalue weighted by molar-refractivity contribution is 6.32. The second kappa shape index (κ2) is 7.11. The van der Waals surface area contributed by atoms with Crippen molar-refractivity contribution < 1.29 is 9.53 Å². The fourth-order valence-corrected chi connectivity index (χ4v) is 1.57. The van der Waals surface area contributed by atoms with Gasteiger partial charge in [-0.3, -0.25) is 4.79 Å².